The number of carbonyl (C=O) groups is 3. The molecule has 0 radical (unpaired) electrons. The van der Waals surface area contributed by atoms with Gasteiger partial charge in [0, 0.05) is 27.2 Å². The normalized spacial score (nSPS) is 24.6. The van der Waals surface area contributed by atoms with Gasteiger partial charge in [-0.2, -0.15) is 16.8 Å². The molecule has 1 aliphatic heterocycles. The molecule has 1 fully saturated rings. The van der Waals surface area contributed by atoms with Crippen LogP contribution in [0.25, 0.3) is 0 Å². The summed E-state index contributed by atoms with van der Waals surface area (Å²) >= 11 is 0. The quantitative estimate of drug-likeness (QED) is 0.133. The van der Waals surface area contributed by atoms with Gasteiger partial charge >= 0.3 is 38.7 Å². The average molecular weight is 631 g/mol. The van der Waals surface area contributed by atoms with Gasteiger partial charge in [0.25, 0.3) is 0 Å². The first kappa shape index (κ1) is 34.5. The number of hydrogen-bond acceptors (Lipinski definition) is 15. The summed E-state index contributed by atoms with van der Waals surface area (Å²) in [5, 5.41) is 10.3. The number of ether oxygens (including phenoxy) is 5. The van der Waals surface area contributed by atoms with Gasteiger partial charge in [-0.3, -0.25) is 23.5 Å². The molecule has 1 saturated heterocycles. The van der Waals surface area contributed by atoms with E-state index in [1.54, 1.807) is 30.3 Å². The Morgan fingerprint density at radius 1 is 0.976 bits per heavy atom. The average Bonchev–Trinajstić information content (AvgIpc) is 2.84. The number of aliphatic hydroxyl groups is 1. The van der Waals surface area contributed by atoms with Crippen molar-refractivity contribution in [2.75, 3.05) is 13.2 Å². The fourth-order valence-corrected chi connectivity index (χ4v) is 4.75. The molecule has 0 unspecified atom stereocenters. The summed E-state index contributed by atoms with van der Waals surface area (Å²) in [4.78, 5) is 36.1. The number of hydrogen-bond donors (Lipinski definition) is 3. The third kappa shape index (κ3) is 11.6. The Morgan fingerprint density at radius 2 is 1.59 bits per heavy atom. The van der Waals surface area contributed by atoms with Crippen LogP contribution in [-0.2, 0) is 73.8 Å². The van der Waals surface area contributed by atoms with Crippen LogP contribution in [-0.4, -0.2) is 98.5 Å². The molecule has 6 atom stereocenters. The van der Waals surface area contributed by atoms with E-state index >= 15 is 0 Å². The second kappa shape index (κ2) is 14.4. The van der Waals surface area contributed by atoms with Gasteiger partial charge in [-0.05, 0) is 5.56 Å². The summed E-state index contributed by atoms with van der Waals surface area (Å²) in [6.45, 7) is 0.260. The molecule has 0 aromatic heterocycles. The molecule has 232 valence electrons. The van der Waals surface area contributed by atoms with Crippen LogP contribution >= 0.6 is 0 Å². The van der Waals surface area contributed by atoms with Crippen molar-refractivity contribution in [3.8, 4) is 0 Å². The zero-order chi connectivity index (χ0) is 31.0. The lowest BCUT2D eigenvalue weighted by atomic mass is 9.90. The number of rotatable bonds is 14. The van der Waals surface area contributed by atoms with E-state index in [4.69, 9.17) is 28.2 Å². The molecule has 3 N–H and O–H groups in total. The van der Waals surface area contributed by atoms with Gasteiger partial charge in [-0.15, -0.1) is 0 Å². The molecule has 19 heteroatoms. The summed E-state index contributed by atoms with van der Waals surface area (Å²) in [6, 6.07) is 8.45. The molecule has 1 aliphatic rings. The highest BCUT2D eigenvalue weighted by atomic mass is 32.3. The molecular formula is C22H30O17S2. The Labute approximate surface area is 235 Å². The van der Waals surface area contributed by atoms with Crippen molar-refractivity contribution >= 4 is 38.7 Å². The number of esters is 3. The van der Waals surface area contributed by atoms with Crippen LogP contribution in [0.1, 0.15) is 32.8 Å². The van der Waals surface area contributed by atoms with Crippen LogP contribution in [0.15, 0.2) is 30.3 Å². The molecule has 17 nitrogen and oxygen atoms in total. The van der Waals surface area contributed by atoms with Gasteiger partial charge in [0.2, 0.25) is 0 Å². The third-order valence-electron chi connectivity index (χ3n) is 5.38. The Kier molecular flexibility index (Phi) is 12.1. The van der Waals surface area contributed by atoms with Gasteiger partial charge < -0.3 is 28.8 Å². The lowest BCUT2D eigenvalue weighted by Gasteiger charge is -2.48. The van der Waals surface area contributed by atoms with Crippen LogP contribution in [0, 0.1) is 0 Å². The van der Waals surface area contributed by atoms with Gasteiger partial charge in [0.15, 0.2) is 18.0 Å². The predicted octanol–water partition coefficient (Wildman–Crippen LogP) is -0.517. The maximum absolute atomic E-state index is 12.1. The SMILES string of the molecule is CC(=O)O[C@H]1[C@H]([C@H](OC(C)=O)[C@@H](COS(=O)(=O)O)OS(=O)(=O)O)O[C@](CO)(OCc2ccccc2)C[C@@H]1OC(C)=O. The summed E-state index contributed by atoms with van der Waals surface area (Å²) in [6.07, 6.45) is -10.1. The fraction of sp³-hybridized carbons (Fsp3) is 0.591. The maximum Gasteiger partial charge on any atom is 0.397 e. The van der Waals surface area contributed by atoms with E-state index in [2.05, 4.69) is 8.37 Å². The number of aliphatic hydroxyl groups excluding tert-OH is 1. The van der Waals surface area contributed by atoms with Gasteiger partial charge in [-0.25, -0.2) is 8.37 Å². The van der Waals surface area contributed by atoms with Crippen molar-refractivity contribution in [3.05, 3.63) is 35.9 Å². The van der Waals surface area contributed by atoms with Crippen LogP contribution < -0.4 is 0 Å². The third-order valence-corrected chi connectivity index (χ3v) is 6.30. The second-order valence-corrected chi connectivity index (χ2v) is 10.8. The Bertz CT molecular complexity index is 1270. The van der Waals surface area contributed by atoms with Crippen LogP contribution in [0.2, 0.25) is 0 Å². The lowest BCUT2D eigenvalue weighted by Crippen LogP contribution is -2.65. The van der Waals surface area contributed by atoms with Crippen LogP contribution in [0.3, 0.4) is 0 Å². The van der Waals surface area contributed by atoms with Crippen molar-refractivity contribution in [3.63, 3.8) is 0 Å². The maximum atomic E-state index is 12.1. The zero-order valence-corrected chi connectivity index (χ0v) is 23.6. The van der Waals surface area contributed by atoms with E-state index in [1.165, 1.54) is 0 Å². The molecule has 41 heavy (non-hydrogen) atoms. The summed E-state index contributed by atoms with van der Waals surface area (Å²) in [7, 11) is -10.7. The molecule has 1 heterocycles. The minimum Gasteiger partial charge on any atom is -0.458 e. The van der Waals surface area contributed by atoms with Crippen molar-refractivity contribution in [2.24, 2.45) is 0 Å². The standard InChI is InChI=1S/C22H30O17S2/c1-13(24)35-17-9-22(12-23,33-10-16-7-5-4-6-8-16)38-21(19(17)36-14(2)25)20(37-15(3)26)18(39-41(30,31)32)11-34-40(27,28)29/h4-8,17-21,23H,9-12H2,1-3H3,(H,27,28,29)(H,30,31,32)/t17-,18+,19+,20+,21+,22+/m0/s1. The van der Waals surface area contributed by atoms with Crippen molar-refractivity contribution in [1.29, 1.82) is 0 Å². The van der Waals surface area contributed by atoms with E-state index < -0.39 is 94.6 Å². The van der Waals surface area contributed by atoms with E-state index in [0.717, 1.165) is 20.8 Å². The molecule has 0 spiro atoms. The molecule has 0 bridgehead atoms. The lowest BCUT2D eigenvalue weighted by molar-refractivity contribution is -0.350. The number of carbonyl (C=O) groups excluding carboxylic acids is 3. The summed E-state index contributed by atoms with van der Waals surface area (Å²) in [5.74, 6) is -5.12. The van der Waals surface area contributed by atoms with E-state index in [-0.39, 0.29) is 6.61 Å². The first-order valence-electron chi connectivity index (χ1n) is 11.7. The molecular weight excluding hydrogens is 600 g/mol. The zero-order valence-electron chi connectivity index (χ0n) is 22.0. The molecule has 0 aliphatic carbocycles. The van der Waals surface area contributed by atoms with E-state index in [9.17, 15) is 40.9 Å². The van der Waals surface area contributed by atoms with E-state index in [0.29, 0.717) is 5.56 Å². The highest BCUT2D eigenvalue weighted by molar-refractivity contribution is 7.81. The summed E-state index contributed by atoms with van der Waals surface area (Å²) in [5.41, 5.74) is 0.595. The van der Waals surface area contributed by atoms with Crippen molar-refractivity contribution in [1.82, 2.24) is 0 Å². The van der Waals surface area contributed by atoms with Gasteiger partial charge in [0.05, 0.1) is 13.2 Å². The largest absolute Gasteiger partial charge is 0.458 e. The molecule has 1 aromatic carbocycles. The van der Waals surface area contributed by atoms with Crippen molar-refractivity contribution in [2.45, 2.75) is 70.1 Å². The highest BCUT2D eigenvalue weighted by Gasteiger charge is 2.56. The summed E-state index contributed by atoms with van der Waals surface area (Å²) < 4.78 is 100. The van der Waals surface area contributed by atoms with Gasteiger partial charge in [0.1, 0.15) is 24.9 Å². The minimum absolute atomic E-state index is 0.200. The van der Waals surface area contributed by atoms with Crippen LogP contribution in [0.4, 0.5) is 0 Å². The monoisotopic (exact) mass is 630 g/mol. The molecule has 0 saturated carbocycles. The first-order valence-corrected chi connectivity index (χ1v) is 14.4. The minimum atomic E-state index is -5.44. The Balaban J connectivity index is 2.67. The molecule has 2 rings (SSSR count). The first-order chi connectivity index (χ1) is 18.9. The molecule has 1 aromatic rings. The van der Waals surface area contributed by atoms with Crippen molar-refractivity contribution < 1.29 is 77.5 Å². The Morgan fingerprint density at radius 3 is 2.07 bits per heavy atom. The van der Waals surface area contributed by atoms with Gasteiger partial charge in [-0.1, -0.05) is 30.3 Å². The van der Waals surface area contributed by atoms with E-state index in [1.807, 2.05) is 0 Å². The predicted molar refractivity (Wildman–Crippen MR) is 131 cm³/mol. The molecule has 0 amide bonds. The highest BCUT2D eigenvalue weighted by Crippen LogP contribution is 2.38. The second-order valence-electron chi connectivity index (χ2n) is 8.70. The number of benzene rings is 1. The Hall–Kier alpha value is -2.75. The smallest absolute Gasteiger partial charge is 0.397 e. The fourth-order valence-electron chi connectivity index (χ4n) is 3.97. The van der Waals surface area contributed by atoms with Crippen LogP contribution in [0.5, 0.6) is 0 Å². The topological polar surface area (TPSA) is 245 Å².